The number of thioether (sulfide) groups is 1. The Balaban J connectivity index is 2.04. The number of benzene rings is 2. The van der Waals surface area contributed by atoms with Crippen LogP contribution in [0, 0.1) is 24.0 Å². The zero-order valence-electron chi connectivity index (χ0n) is 18.4. The maximum atomic E-state index is 11.5. The standard InChI is InChI=1S/C22H25BrN4O4S/c1-5-30-19-12-16(11-18(23)21(19)31-6-2)20(13-26(28)29)32-22-25-24-15(4)27(22)17-9-7-8-14(3)10-17/h7-12,20H,5-6,13H2,1-4H3/t20-/m0/s1. The zero-order chi connectivity index (χ0) is 23.3. The normalized spacial score (nSPS) is 11.9. The quantitative estimate of drug-likeness (QED) is 0.196. The smallest absolute Gasteiger partial charge is 0.220 e. The van der Waals surface area contributed by atoms with Crippen molar-refractivity contribution in [3.8, 4) is 17.2 Å². The van der Waals surface area contributed by atoms with Crippen LogP contribution in [0.5, 0.6) is 11.5 Å². The summed E-state index contributed by atoms with van der Waals surface area (Å²) in [6, 6.07) is 11.6. The molecule has 1 heterocycles. The van der Waals surface area contributed by atoms with E-state index in [1.54, 1.807) is 6.07 Å². The molecule has 0 radical (unpaired) electrons. The summed E-state index contributed by atoms with van der Waals surface area (Å²) < 4.78 is 14.1. The van der Waals surface area contributed by atoms with Crippen molar-refractivity contribution >= 4 is 27.7 Å². The van der Waals surface area contributed by atoms with Crippen molar-refractivity contribution in [1.29, 1.82) is 0 Å². The van der Waals surface area contributed by atoms with Gasteiger partial charge in [0, 0.05) is 10.6 Å². The van der Waals surface area contributed by atoms with Gasteiger partial charge < -0.3 is 9.47 Å². The minimum absolute atomic E-state index is 0.281. The molecule has 2 aromatic carbocycles. The first-order valence-corrected chi connectivity index (χ1v) is 11.9. The van der Waals surface area contributed by atoms with Crippen LogP contribution in [0.15, 0.2) is 46.0 Å². The number of nitrogens with zero attached hydrogens (tertiary/aromatic N) is 4. The van der Waals surface area contributed by atoms with E-state index in [1.165, 1.54) is 11.8 Å². The molecule has 0 N–H and O–H groups in total. The number of aryl methyl sites for hydroxylation is 2. The van der Waals surface area contributed by atoms with Gasteiger partial charge in [-0.25, -0.2) is 0 Å². The minimum atomic E-state index is -0.511. The summed E-state index contributed by atoms with van der Waals surface area (Å²) in [5.74, 6) is 1.84. The number of hydrogen-bond donors (Lipinski definition) is 0. The summed E-state index contributed by atoms with van der Waals surface area (Å²) in [6.45, 7) is 8.29. The molecule has 10 heteroatoms. The lowest BCUT2D eigenvalue weighted by Crippen LogP contribution is -2.12. The molecule has 1 atom stereocenters. The number of rotatable bonds is 10. The predicted octanol–water partition coefficient (Wildman–Crippen LogP) is 5.55. The summed E-state index contributed by atoms with van der Waals surface area (Å²) in [6.07, 6.45) is 0. The van der Waals surface area contributed by atoms with E-state index in [0.29, 0.717) is 40.2 Å². The molecule has 0 saturated heterocycles. The fourth-order valence-electron chi connectivity index (χ4n) is 3.28. The van der Waals surface area contributed by atoms with Crippen molar-refractivity contribution in [3.63, 3.8) is 0 Å². The van der Waals surface area contributed by atoms with Gasteiger partial charge in [-0.2, -0.15) is 0 Å². The molecule has 1 aromatic heterocycles. The van der Waals surface area contributed by atoms with Gasteiger partial charge in [0.15, 0.2) is 16.7 Å². The second-order valence-electron chi connectivity index (χ2n) is 7.02. The molecular weight excluding hydrogens is 496 g/mol. The Hall–Kier alpha value is -2.59. The maximum absolute atomic E-state index is 11.5. The highest BCUT2D eigenvalue weighted by Gasteiger charge is 2.26. The van der Waals surface area contributed by atoms with Gasteiger partial charge in [-0.3, -0.25) is 14.7 Å². The van der Waals surface area contributed by atoms with Crippen LogP contribution in [0.3, 0.4) is 0 Å². The Morgan fingerprint density at radius 3 is 2.56 bits per heavy atom. The summed E-state index contributed by atoms with van der Waals surface area (Å²) in [5.41, 5.74) is 2.75. The average Bonchev–Trinajstić information content (AvgIpc) is 3.09. The third-order valence-electron chi connectivity index (χ3n) is 4.61. The number of nitro groups is 1. The van der Waals surface area contributed by atoms with Crippen molar-refractivity contribution in [2.45, 2.75) is 38.1 Å². The largest absolute Gasteiger partial charge is 0.490 e. The van der Waals surface area contributed by atoms with E-state index < -0.39 is 5.25 Å². The van der Waals surface area contributed by atoms with Gasteiger partial charge in [-0.1, -0.05) is 23.9 Å². The maximum Gasteiger partial charge on any atom is 0.220 e. The van der Waals surface area contributed by atoms with Crippen molar-refractivity contribution in [2.75, 3.05) is 19.8 Å². The van der Waals surface area contributed by atoms with Gasteiger partial charge in [-0.05, 0) is 79.0 Å². The first-order chi connectivity index (χ1) is 15.3. The van der Waals surface area contributed by atoms with Gasteiger partial charge in [0.2, 0.25) is 6.54 Å². The van der Waals surface area contributed by atoms with Gasteiger partial charge >= 0.3 is 0 Å². The molecule has 0 bridgehead atoms. The number of ether oxygens (including phenoxy) is 2. The molecule has 0 spiro atoms. The Morgan fingerprint density at radius 1 is 1.16 bits per heavy atom. The van der Waals surface area contributed by atoms with Crippen LogP contribution in [0.25, 0.3) is 5.69 Å². The van der Waals surface area contributed by atoms with Gasteiger partial charge in [0.1, 0.15) is 11.1 Å². The molecule has 0 amide bonds. The highest BCUT2D eigenvalue weighted by molar-refractivity contribution is 9.10. The first kappa shape index (κ1) is 24.1. The molecule has 170 valence electrons. The van der Waals surface area contributed by atoms with Crippen molar-refractivity contribution in [2.24, 2.45) is 0 Å². The number of halogens is 1. The number of aromatic nitrogens is 3. The highest BCUT2D eigenvalue weighted by Crippen LogP contribution is 2.43. The highest BCUT2D eigenvalue weighted by atomic mass is 79.9. The van der Waals surface area contributed by atoms with E-state index in [1.807, 2.05) is 62.6 Å². The molecule has 3 rings (SSSR count). The topological polar surface area (TPSA) is 92.3 Å². The zero-order valence-corrected chi connectivity index (χ0v) is 20.8. The summed E-state index contributed by atoms with van der Waals surface area (Å²) in [4.78, 5) is 11.2. The van der Waals surface area contributed by atoms with E-state index in [9.17, 15) is 10.1 Å². The molecule has 0 aliphatic rings. The first-order valence-electron chi connectivity index (χ1n) is 10.2. The van der Waals surface area contributed by atoms with E-state index in [0.717, 1.165) is 16.8 Å². The van der Waals surface area contributed by atoms with Gasteiger partial charge in [0.25, 0.3) is 0 Å². The lowest BCUT2D eigenvalue weighted by molar-refractivity contribution is -0.479. The van der Waals surface area contributed by atoms with E-state index in [2.05, 4.69) is 26.1 Å². The Labute approximate surface area is 199 Å². The summed E-state index contributed by atoms with van der Waals surface area (Å²) in [5, 5.41) is 20.1. The van der Waals surface area contributed by atoms with Crippen LogP contribution in [-0.4, -0.2) is 39.4 Å². The van der Waals surface area contributed by atoms with Crippen LogP contribution in [0.1, 0.15) is 36.0 Å². The molecule has 0 unspecified atom stereocenters. The Bertz CT molecular complexity index is 1110. The Morgan fingerprint density at radius 2 is 1.91 bits per heavy atom. The molecule has 0 fully saturated rings. The summed E-state index contributed by atoms with van der Waals surface area (Å²) in [7, 11) is 0. The molecule has 0 aliphatic carbocycles. The lowest BCUT2D eigenvalue weighted by Gasteiger charge is -2.18. The van der Waals surface area contributed by atoms with Crippen LogP contribution < -0.4 is 9.47 Å². The molecule has 8 nitrogen and oxygen atoms in total. The van der Waals surface area contributed by atoms with Gasteiger partial charge in [-0.15, -0.1) is 10.2 Å². The average molecular weight is 521 g/mol. The second-order valence-corrected chi connectivity index (χ2v) is 9.05. The van der Waals surface area contributed by atoms with Crippen molar-refractivity contribution in [3.05, 3.63) is 67.9 Å². The fourth-order valence-corrected chi connectivity index (χ4v) is 5.01. The van der Waals surface area contributed by atoms with E-state index >= 15 is 0 Å². The SMILES string of the molecule is CCOc1cc([C@H](C[N+](=O)[O-])Sc2nnc(C)n2-c2cccc(C)c2)cc(Br)c1OCC. The van der Waals surface area contributed by atoms with Crippen LogP contribution in [0.2, 0.25) is 0 Å². The van der Waals surface area contributed by atoms with Gasteiger partial charge in [0.05, 0.1) is 17.7 Å². The monoisotopic (exact) mass is 520 g/mol. The molecule has 0 saturated carbocycles. The minimum Gasteiger partial charge on any atom is -0.490 e. The lowest BCUT2D eigenvalue weighted by atomic mass is 10.1. The van der Waals surface area contributed by atoms with E-state index in [4.69, 9.17) is 9.47 Å². The Kier molecular flexibility index (Phi) is 8.14. The number of hydrogen-bond acceptors (Lipinski definition) is 7. The van der Waals surface area contributed by atoms with Crippen molar-refractivity contribution in [1.82, 2.24) is 14.8 Å². The van der Waals surface area contributed by atoms with Crippen LogP contribution >= 0.6 is 27.7 Å². The third-order valence-corrected chi connectivity index (χ3v) is 6.38. The second kappa shape index (κ2) is 10.8. The molecule has 0 aliphatic heterocycles. The van der Waals surface area contributed by atoms with Crippen LogP contribution in [0.4, 0.5) is 0 Å². The van der Waals surface area contributed by atoms with E-state index in [-0.39, 0.29) is 11.5 Å². The summed E-state index contributed by atoms with van der Waals surface area (Å²) >= 11 is 4.84. The third kappa shape index (κ3) is 5.60. The molecule has 3 aromatic rings. The van der Waals surface area contributed by atoms with Crippen LogP contribution in [-0.2, 0) is 0 Å². The fraction of sp³-hybridized carbons (Fsp3) is 0.364. The van der Waals surface area contributed by atoms with Crippen molar-refractivity contribution < 1.29 is 14.4 Å². The predicted molar refractivity (Wildman–Crippen MR) is 128 cm³/mol. The molecule has 32 heavy (non-hydrogen) atoms. The molecular formula is C22H25BrN4O4S.